The molecule has 0 radical (unpaired) electrons. The first kappa shape index (κ1) is 20.5. The molecule has 4 atom stereocenters. The number of hydrogen-bond donors (Lipinski definition) is 1. The summed E-state index contributed by atoms with van der Waals surface area (Å²) in [5.41, 5.74) is -0.642. The van der Waals surface area contributed by atoms with Crippen molar-refractivity contribution in [2.45, 2.75) is 45.6 Å². The lowest BCUT2D eigenvalue weighted by Crippen LogP contribution is -2.43. The van der Waals surface area contributed by atoms with Gasteiger partial charge in [-0.2, -0.15) is 0 Å². The van der Waals surface area contributed by atoms with E-state index >= 15 is 0 Å². The van der Waals surface area contributed by atoms with Gasteiger partial charge < -0.3 is 9.84 Å². The van der Waals surface area contributed by atoms with E-state index in [-0.39, 0.29) is 19.4 Å². The fraction of sp³-hybridized carbons (Fsp3) is 0.526. The monoisotopic (exact) mass is 377 g/mol. The lowest BCUT2D eigenvalue weighted by molar-refractivity contribution is -0.532. The SMILES string of the molecule is CCOC(=O)CC1CC(C(C)=O)(C(=O)O)C(c2ccc(C)cc2)C1[N+](=O)[O-]. The number of carboxylic acids is 1. The van der Waals surface area contributed by atoms with Crippen molar-refractivity contribution in [1.29, 1.82) is 0 Å². The van der Waals surface area contributed by atoms with Crippen molar-refractivity contribution in [3.8, 4) is 0 Å². The van der Waals surface area contributed by atoms with Crippen molar-refractivity contribution in [3.63, 3.8) is 0 Å². The van der Waals surface area contributed by atoms with Crippen LogP contribution in [0.3, 0.4) is 0 Å². The van der Waals surface area contributed by atoms with Crippen molar-refractivity contribution in [2.75, 3.05) is 6.61 Å². The molecule has 4 unspecified atom stereocenters. The Balaban J connectivity index is 2.61. The molecular weight excluding hydrogens is 354 g/mol. The molecule has 1 N–H and O–H groups in total. The normalized spacial score (nSPS) is 27.1. The minimum absolute atomic E-state index is 0.118. The second-order valence-electron chi connectivity index (χ2n) is 6.97. The Morgan fingerprint density at radius 1 is 1.30 bits per heavy atom. The molecule has 1 aromatic rings. The highest BCUT2D eigenvalue weighted by atomic mass is 16.6. The lowest BCUT2D eigenvalue weighted by atomic mass is 9.70. The summed E-state index contributed by atoms with van der Waals surface area (Å²) >= 11 is 0. The van der Waals surface area contributed by atoms with Gasteiger partial charge >= 0.3 is 11.9 Å². The smallest absolute Gasteiger partial charge is 0.318 e. The van der Waals surface area contributed by atoms with E-state index in [2.05, 4.69) is 0 Å². The van der Waals surface area contributed by atoms with Gasteiger partial charge in [-0.15, -0.1) is 0 Å². The van der Waals surface area contributed by atoms with E-state index < -0.39 is 45.9 Å². The van der Waals surface area contributed by atoms with Crippen LogP contribution in [0.15, 0.2) is 24.3 Å². The number of carbonyl (C=O) groups excluding carboxylic acids is 2. The predicted octanol–water partition coefficient (Wildman–Crippen LogP) is 2.36. The highest BCUT2D eigenvalue weighted by Gasteiger charge is 2.66. The molecule has 1 aliphatic carbocycles. The number of esters is 1. The van der Waals surface area contributed by atoms with Crippen LogP contribution < -0.4 is 0 Å². The molecule has 2 rings (SSSR count). The maximum Gasteiger partial charge on any atom is 0.318 e. The van der Waals surface area contributed by atoms with Gasteiger partial charge in [-0.1, -0.05) is 29.8 Å². The van der Waals surface area contributed by atoms with Gasteiger partial charge in [0.05, 0.1) is 18.9 Å². The van der Waals surface area contributed by atoms with E-state index in [4.69, 9.17) is 4.74 Å². The number of nitrogens with zero attached hydrogens (tertiary/aromatic N) is 1. The first-order chi connectivity index (χ1) is 12.6. The number of aryl methyl sites for hydroxylation is 1. The fourth-order valence-electron chi connectivity index (χ4n) is 4.13. The molecule has 1 saturated carbocycles. The Kier molecular flexibility index (Phi) is 5.98. The molecule has 1 aromatic carbocycles. The predicted molar refractivity (Wildman–Crippen MR) is 94.8 cm³/mol. The van der Waals surface area contributed by atoms with Crippen molar-refractivity contribution in [3.05, 3.63) is 45.5 Å². The first-order valence-corrected chi connectivity index (χ1v) is 8.75. The molecule has 0 aromatic heterocycles. The summed E-state index contributed by atoms with van der Waals surface area (Å²) in [6.45, 7) is 4.71. The van der Waals surface area contributed by atoms with Crippen LogP contribution in [0.25, 0.3) is 0 Å². The molecular formula is C19H23NO7. The zero-order valence-corrected chi connectivity index (χ0v) is 15.5. The fourth-order valence-corrected chi connectivity index (χ4v) is 4.13. The van der Waals surface area contributed by atoms with E-state index in [0.29, 0.717) is 5.56 Å². The molecule has 0 bridgehead atoms. The molecule has 8 nitrogen and oxygen atoms in total. The number of benzene rings is 1. The number of carbonyl (C=O) groups is 3. The second-order valence-corrected chi connectivity index (χ2v) is 6.97. The van der Waals surface area contributed by atoms with Crippen LogP contribution in [-0.4, -0.2) is 40.4 Å². The Labute approximate surface area is 156 Å². The quantitative estimate of drug-likeness (QED) is 0.335. The number of hydrogen-bond acceptors (Lipinski definition) is 6. The Bertz CT molecular complexity index is 742. The third-order valence-electron chi connectivity index (χ3n) is 5.36. The van der Waals surface area contributed by atoms with E-state index in [9.17, 15) is 29.6 Å². The Hall–Kier alpha value is -2.77. The van der Waals surface area contributed by atoms with Crippen LogP contribution >= 0.6 is 0 Å². The van der Waals surface area contributed by atoms with Crippen molar-refractivity contribution >= 4 is 17.7 Å². The number of nitro groups is 1. The van der Waals surface area contributed by atoms with Gasteiger partial charge in [-0.25, -0.2) is 0 Å². The van der Waals surface area contributed by atoms with Crippen molar-refractivity contribution in [2.24, 2.45) is 11.3 Å². The van der Waals surface area contributed by atoms with Crippen molar-refractivity contribution < 1.29 is 29.2 Å². The van der Waals surface area contributed by atoms with Crippen LogP contribution in [0.5, 0.6) is 0 Å². The largest absolute Gasteiger partial charge is 0.480 e. The van der Waals surface area contributed by atoms with Gasteiger partial charge in [-0.3, -0.25) is 24.5 Å². The molecule has 0 spiro atoms. The summed E-state index contributed by atoms with van der Waals surface area (Å²) in [4.78, 5) is 47.9. The van der Waals surface area contributed by atoms with E-state index in [0.717, 1.165) is 12.5 Å². The molecule has 0 aliphatic heterocycles. The number of aliphatic carboxylic acids is 1. The summed E-state index contributed by atoms with van der Waals surface area (Å²) < 4.78 is 4.88. The third-order valence-corrected chi connectivity index (χ3v) is 5.36. The Morgan fingerprint density at radius 2 is 1.89 bits per heavy atom. The van der Waals surface area contributed by atoms with Gasteiger partial charge in [0.1, 0.15) is 11.2 Å². The maximum atomic E-state index is 12.5. The Morgan fingerprint density at radius 3 is 2.33 bits per heavy atom. The zero-order valence-electron chi connectivity index (χ0n) is 15.5. The van der Waals surface area contributed by atoms with E-state index in [1.165, 1.54) is 0 Å². The lowest BCUT2D eigenvalue weighted by Gasteiger charge is -2.29. The summed E-state index contributed by atoms with van der Waals surface area (Å²) in [5, 5.41) is 21.8. The molecule has 0 saturated heterocycles. The minimum atomic E-state index is -1.95. The average molecular weight is 377 g/mol. The summed E-state index contributed by atoms with van der Waals surface area (Å²) in [7, 11) is 0. The number of ether oxygens (including phenoxy) is 1. The molecule has 8 heteroatoms. The van der Waals surface area contributed by atoms with Gasteiger partial charge in [0.25, 0.3) is 0 Å². The van der Waals surface area contributed by atoms with Gasteiger partial charge in [0.15, 0.2) is 0 Å². The van der Waals surface area contributed by atoms with Crippen LogP contribution in [-0.2, 0) is 19.1 Å². The first-order valence-electron chi connectivity index (χ1n) is 8.75. The number of Topliss-reactive ketones (excluding diaryl/α,β-unsaturated/α-hetero) is 1. The molecule has 1 fully saturated rings. The van der Waals surface area contributed by atoms with Gasteiger partial charge in [0.2, 0.25) is 6.04 Å². The van der Waals surface area contributed by atoms with Crippen LogP contribution in [0, 0.1) is 28.4 Å². The van der Waals surface area contributed by atoms with Crippen molar-refractivity contribution in [1.82, 2.24) is 0 Å². The average Bonchev–Trinajstić information content (AvgIpc) is 2.92. The molecule has 146 valence electrons. The molecule has 0 heterocycles. The molecule has 1 aliphatic rings. The zero-order chi connectivity index (χ0) is 20.4. The molecule has 27 heavy (non-hydrogen) atoms. The number of rotatable bonds is 7. The summed E-state index contributed by atoms with van der Waals surface area (Å²) in [5.74, 6) is -4.77. The third kappa shape index (κ3) is 3.70. The summed E-state index contributed by atoms with van der Waals surface area (Å²) in [6, 6.07) is 5.29. The highest BCUT2D eigenvalue weighted by molar-refractivity contribution is 6.03. The van der Waals surface area contributed by atoms with Crippen LogP contribution in [0.4, 0.5) is 0 Å². The summed E-state index contributed by atoms with van der Waals surface area (Å²) in [6.07, 6.45) is -0.579. The van der Waals surface area contributed by atoms with Gasteiger partial charge in [-0.05, 0) is 32.8 Å². The van der Waals surface area contributed by atoms with Crippen LogP contribution in [0.1, 0.15) is 43.7 Å². The van der Waals surface area contributed by atoms with Crippen LogP contribution in [0.2, 0.25) is 0 Å². The number of carboxylic acid groups (broad SMARTS) is 1. The highest BCUT2D eigenvalue weighted by Crippen LogP contribution is 2.55. The van der Waals surface area contributed by atoms with Gasteiger partial charge in [0, 0.05) is 10.8 Å². The van der Waals surface area contributed by atoms with E-state index in [1.54, 1.807) is 31.2 Å². The molecule has 0 amide bonds. The second kappa shape index (κ2) is 7.85. The topological polar surface area (TPSA) is 124 Å². The standard InChI is InChI=1S/C19H23NO7/c1-4-27-15(22)9-14-10-19(12(3)21,18(23)24)16(17(14)20(25)26)13-7-5-11(2)6-8-13/h5-8,14,16-17H,4,9-10H2,1-3H3,(H,23,24). The van der Waals surface area contributed by atoms with E-state index in [1.807, 2.05) is 6.92 Å². The minimum Gasteiger partial charge on any atom is -0.480 e. The maximum absolute atomic E-state index is 12.5. The number of ketones is 1.